The van der Waals surface area contributed by atoms with Crippen molar-refractivity contribution in [2.75, 3.05) is 5.01 Å². The van der Waals surface area contributed by atoms with E-state index in [2.05, 4.69) is 191 Å². The van der Waals surface area contributed by atoms with Gasteiger partial charge in [-0.05, 0) is 46.5 Å². The first-order valence-corrected chi connectivity index (χ1v) is 18.9. The molecule has 0 unspecified atom stereocenters. The molecule has 0 spiro atoms. The number of rotatable bonds is 6. The molecular weight excluding hydrogens is 685 g/mol. The van der Waals surface area contributed by atoms with Gasteiger partial charge >= 0.3 is 0 Å². The quantitative estimate of drug-likeness (QED) is 0.180. The van der Waals surface area contributed by atoms with Crippen LogP contribution in [0.1, 0.15) is 16.7 Å². The van der Waals surface area contributed by atoms with Crippen LogP contribution in [0, 0.1) is 0 Å². The number of hydrazine groups is 1. The van der Waals surface area contributed by atoms with Gasteiger partial charge in [0.2, 0.25) is 0 Å². The van der Waals surface area contributed by atoms with Crippen molar-refractivity contribution in [3.05, 3.63) is 211 Å². The van der Waals surface area contributed by atoms with Crippen LogP contribution in [0.25, 0.3) is 77.3 Å². The Hall–Kier alpha value is -7.63. The van der Waals surface area contributed by atoms with Crippen molar-refractivity contribution in [3.63, 3.8) is 0 Å². The monoisotopic (exact) mass is 718 g/mol. The van der Waals surface area contributed by atoms with Crippen molar-refractivity contribution >= 4 is 66.4 Å². The Labute approximate surface area is 323 Å². The van der Waals surface area contributed by atoms with Gasteiger partial charge in [0.1, 0.15) is 16.9 Å². The van der Waals surface area contributed by atoms with Crippen LogP contribution in [0.5, 0.6) is 0 Å². The lowest BCUT2D eigenvalue weighted by Crippen LogP contribution is -2.39. The molecule has 11 rings (SSSR count). The second kappa shape index (κ2) is 13.0. The van der Waals surface area contributed by atoms with E-state index in [-0.39, 0.29) is 0 Å². The molecule has 0 amide bonds. The Morgan fingerprint density at radius 2 is 1.05 bits per heavy atom. The van der Waals surface area contributed by atoms with Gasteiger partial charge in [0, 0.05) is 49.3 Å². The van der Waals surface area contributed by atoms with Crippen LogP contribution in [-0.4, -0.2) is 10.7 Å². The van der Waals surface area contributed by atoms with Crippen molar-refractivity contribution in [3.8, 4) is 22.3 Å². The zero-order valence-electron chi connectivity index (χ0n) is 30.3. The maximum atomic E-state index is 6.45. The van der Waals surface area contributed by atoms with Gasteiger partial charge in [0.25, 0.3) is 0 Å². The van der Waals surface area contributed by atoms with Gasteiger partial charge in [-0.3, -0.25) is 0 Å². The Bertz CT molecular complexity index is 3160. The second-order valence-corrected chi connectivity index (χ2v) is 14.1. The lowest BCUT2D eigenvalue weighted by Gasteiger charge is -2.36. The molecule has 1 aliphatic rings. The number of fused-ring (bicyclic) bond motifs is 6. The average Bonchev–Trinajstić information content (AvgIpc) is 3.85. The highest BCUT2D eigenvalue weighted by Crippen LogP contribution is 2.47. The first-order chi connectivity index (χ1) is 27.8. The summed E-state index contributed by atoms with van der Waals surface area (Å²) >= 11 is 0. The molecule has 0 saturated carbocycles. The standard InChI is InChI=1S/C51H34N4O/c1-4-17-33(18-5-1)36-23-11-14-28-43(36)55-51(48-37(34-19-6-2-7-20-34)31-32-39-38-24-10-13-27-42(38)52-49(39)48)46(35-21-8-3-9-22-35)50(53-54-55)41-26-16-30-45-47(41)40-25-12-15-29-44(40)56-45/h1-32,52,54H. The summed E-state index contributed by atoms with van der Waals surface area (Å²) in [5, 5.41) is 12.0. The number of anilines is 1. The third-order valence-electron chi connectivity index (χ3n) is 10.9. The van der Waals surface area contributed by atoms with E-state index in [0.717, 1.165) is 100.0 Å². The number of hydrazone groups is 1. The summed E-state index contributed by atoms with van der Waals surface area (Å²) in [7, 11) is 0. The summed E-state index contributed by atoms with van der Waals surface area (Å²) in [6.07, 6.45) is 0. The zero-order valence-corrected chi connectivity index (χ0v) is 30.3. The number of furan rings is 1. The van der Waals surface area contributed by atoms with Crippen LogP contribution in [-0.2, 0) is 0 Å². The Morgan fingerprint density at radius 1 is 0.446 bits per heavy atom. The highest BCUT2D eigenvalue weighted by atomic mass is 16.3. The first-order valence-electron chi connectivity index (χ1n) is 18.9. The molecular formula is C51H34N4O. The van der Waals surface area contributed by atoms with E-state index in [9.17, 15) is 0 Å². The van der Waals surface area contributed by atoms with E-state index in [1.54, 1.807) is 0 Å². The van der Waals surface area contributed by atoms with Crippen molar-refractivity contribution in [2.24, 2.45) is 5.10 Å². The van der Waals surface area contributed by atoms with Crippen molar-refractivity contribution < 1.29 is 4.42 Å². The molecule has 264 valence electrons. The van der Waals surface area contributed by atoms with E-state index in [1.165, 1.54) is 5.39 Å². The van der Waals surface area contributed by atoms with Crippen LogP contribution in [0.15, 0.2) is 204 Å². The van der Waals surface area contributed by atoms with Gasteiger partial charge in [0.05, 0.1) is 16.9 Å². The van der Waals surface area contributed by atoms with E-state index < -0.39 is 0 Å². The van der Waals surface area contributed by atoms with Crippen LogP contribution in [0.2, 0.25) is 0 Å². The van der Waals surface area contributed by atoms with E-state index in [4.69, 9.17) is 9.52 Å². The number of nitrogens with zero attached hydrogens (tertiary/aromatic N) is 2. The summed E-state index contributed by atoms with van der Waals surface area (Å²) in [5.41, 5.74) is 18.7. The normalized spacial score (nSPS) is 13.1. The Kier molecular flexibility index (Phi) is 7.42. The minimum Gasteiger partial charge on any atom is -0.456 e. The highest BCUT2D eigenvalue weighted by Gasteiger charge is 2.34. The maximum absolute atomic E-state index is 6.45. The molecule has 0 atom stereocenters. The third-order valence-corrected chi connectivity index (χ3v) is 10.9. The number of nitrogens with one attached hydrogen (secondary N) is 2. The summed E-state index contributed by atoms with van der Waals surface area (Å²) in [6.45, 7) is 0. The van der Waals surface area contributed by atoms with Crippen molar-refractivity contribution in [2.45, 2.75) is 0 Å². The van der Waals surface area contributed by atoms with Gasteiger partial charge in [0.15, 0.2) is 0 Å². The number of hydrogen-bond donors (Lipinski definition) is 2. The highest BCUT2D eigenvalue weighted by molar-refractivity contribution is 6.42. The molecule has 1 aliphatic heterocycles. The van der Waals surface area contributed by atoms with Gasteiger partial charge < -0.3 is 9.40 Å². The smallest absolute Gasteiger partial charge is 0.136 e. The average molecular weight is 719 g/mol. The molecule has 56 heavy (non-hydrogen) atoms. The second-order valence-electron chi connectivity index (χ2n) is 14.1. The van der Waals surface area contributed by atoms with Crippen molar-refractivity contribution in [1.82, 2.24) is 10.5 Å². The largest absolute Gasteiger partial charge is 0.456 e. The molecule has 5 nitrogen and oxygen atoms in total. The number of allylic oxidation sites excluding steroid dienone is 1. The predicted octanol–water partition coefficient (Wildman–Crippen LogP) is 12.9. The fourth-order valence-corrected chi connectivity index (χ4v) is 8.44. The summed E-state index contributed by atoms with van der Waals surface area (Å²) in [5.74, 6) is 0. The van der Waals surface area contributed by atoms with Crippen LogP contribution >= 0.6 is 0 Å². The molecule has 0 radical (unpaired) electrons. The van der Waals surface area contributed by atoms with Gasteiger partial charge in [-0.15, -0.1) is 0 Å². The molecule has 10 aromatic rings. The fraction of sp³-hybridized carbons (Fsp3) is 0. The topological polar surface area (TPSA) is 56.6 Å². The SMILES string of the molecule is c1ccc(C2=C(c3c(-c4ccccc4)ccc4c3[nH]c3ccccc34)N(c3ccccc3-c3ccccc3)NN=C2c2cccc3oc4ccccc4c23)cc1. The number of aromatic amines is 1. The van der Waals surface area contributed by atoms with Crippen molar-refractivity contribution in [1.29, 1.82) is 0 Å². The molecule has 0 aliphatic carbocycles. The molecule has 5 heteroatoms. The minimum atomic E-state index is 0.819. The first kappa shape index (κ1) is 31.9. The predicted molar refractivity (Wildman–Crippen MR) is 232 cm³/mol. The van der Waals surface area contributed by atoms with Gasteiger partial charge in [-0.25, -0.2) is 10.5 Å². The number of para-hydroxylation sites is 3. The molecule has 2 aromatic heterocycles. The molecule has 0 bridgehead atoms. The van der Waals surface area contributed by atoms with Gasteiger partial charge in [-0.1, -0.05) is 170 Å². The molecule has 2 N–H and O–H groups in total. The molecule has 3 heterocycles. The summed E-state index contributed by atoms with van der Waals surface area (Å²) in [4.78, 5) is 3.91. The Morgan fingerprint density at radius 3 is 1.84 bits per heavy atom. The number of H-pyrrole nitrogens is 1. The number of hydrogen-bond acceptors (Lipinski definition) is 4. The van der Waals surface area contributed by atoms with Crippen LogP contribution in [0.3, 0.4) is 0 Å². The number of aromatic nitrogens is 1. The molecule has 0 saturated heterocycles. The minimum absolute atomic E-state index is 0.819. The van der Waals surface area contributed by atoms with Crippen LogP contribution < -0.4 is 10.5 Å². The third kappa shape index (κ3) is 5.06. The zero-order chi connectivity index (χ0) is 37.0. The lowest BCUT2D eigenvalue weighted by molar-refractivity contribution is 0.669. The van der Waals surface area contributed by atoms with E-state index >= 15 is 0 Å². The van der Waals surface area contributed by atoms with Crippen LogP contribution in [0.4, 0.5) is 5.69 Å². The van der Waals surface area contributed by atoms with E-state index in [0.29, 0.717) is 0 Å². The van der Waals surface area contributed by atoms with E-state index in [1.807, 2.05) is 18.2 Å². The molecule has 0 fully saturated rings. The summed E-state index contributed by atoms with van der Waals surface area (Å²) in [6, 6.07) is 68.1. The summed E-state index contributed by atoms with van der Waals surface area (Å²) < 4.78 is 6.45. The molecule has 8 aromatic carbocycles. The van der Waals surface area contributed by atoms with Gasteiger partial charge in [-0.2, -0.15) is 5.10 Å². The number of benzene rings is 8. The Balaban J connectivity index is 1.32. The lowest BCUT2D eigenvalue weighted by atomic mass is 9.86. The maximum Gasteiger partial charge on any atom is 0.136 e. The fourth-order valence-electron chi connectivity index (χ4n) is 8.44.